The maximum Gasteiger partial charge on any atom is 0.346 e. The summed E-state index contributed by atoms with van der Waals surface area (Å²) in [6.45, 7) is 2.50. The van der Waals surface area contributed by atoms with Crippen molar-refractivity contribution in [1.29, 1.82) is 0 Å². The smallest absolute Gasteiger partial charge is 0.346 e. The van der Waals surface area contributed by atoms with Gasteiger partial charge in [-0.3, -0.25) is 0 Å². The van der Waals surface area contributed by atoms with E-state index < -0.39 is 23.2 Å². The van der Waals surface area contributed by atoms with E-state index in [2.05, 4.69) is 6.92 Å². The van der Waals surface area contributed by atoms with Gasteiger partial charge in [0.2, 0.25) is 5.82 Å². The molecule has 0 bridgehead atoms. The molecule has 3 nitrogen and oxygen atoms in total. The lowest BCUT2D eigenvalue weighted by atomic mass is 9.84. The van der Waals surface area contributed by atoms with Crippen molar-refractivity contribution < 1.29 is 23.0 Å². The molecule has 1 aliphatic carbocycles. The van der Waals surface area contributed by atoms with Crippen LogP contribution in [-0.2, 0) is 0 Å². The second-order valence-electron chi connectivity index (χ2n) is 9.00. The summed E-state index contributed by atoms with van der Waals surface area (Å²) < 4.78 is 39.6. The van der Waals surface area contributed by atoms with Crippen LogP contribution in [0.4, 0.5) is 8.78 Å². The van der Waals surface area contributed by atoms with Gasteiger partial charge < -0.3 is 9.47 Å². The summed E-state index contributed by atoms with van der Waals surface area (Å²) in [4.78, 5) is 12.4. The zero-order chi connectivity index (χ0) is 23.5. The lowest BCUT2D eigenvalue weighted by molar-refractivity contribution is 0.0728. The van der Waals surface area contributed by atoms with Crippen molar-refractivity contribution in [3.05, 3.63) is 59.2 Å². The van der Waals surface area contributed by atoms with Crippen LogP contribution in [0.3, 0.4) is 0 Å². The first-order valence-electron chi connectivity index (χ1n) is 12.5. The molecule has 0 unspecified atom stereocenters. The van der Waals surface area contributed by atoms with Gasteiger partial charge in [-0.15, -0.1) is 0 Å². The van der Waals surface area contributed by atoms with Crippen molar-refractivity contribution in [3.8, 4) is 11.5 Å². The Hall–Kier alpha value is -2.43. The Labute approximate surface area is 196 Å². The fraction of sp³-hybridized carbons (Fsp3) is 0.536. The van der Waals surface area contributed by atoms with Crippen molar-refractivity contribution in [2.45, 2.75) is 89.9 Å². The minimum Gasteiger partial charge on any atom is -0.490 e. The highest BCUT2D eigenvalue weighted by molar-refractivity contribution is 5.91. The molecule has 0 N–H and O–H groups in total. The lowest BCUT2D eigenvalue weighted by Crippen LogP contribution is -2.13. The van der Waals surface area contributed by atoms with Crippen LogP contribution in [0.5, 0.6) is 11.5 Å². The molecule has 3 rings (SSSR count). The monoisotopic (exact) mass is 458 g/mol. The average molecular weight is 459 g/mol. The zero-order valence-electron chi connectivity index (χ0n) is 19.7. The molecular formula is C28H36F2O3. The highest BCUT2D eigenvalue weighted by atomic mass is 19.2. The number of ether oxygens (including phenoxy) is 2. The predicted molar refractivity (Wildman–Crippen MR) is 127 cm³/mol. The Morgan fingerprint density at radius 1 is 0.848 bits per heavy atom. The Bertz CT molecular complexity index is 873. The third-order valence-corrected chi connectivity index (χ3v) is 6.44. The summed E-state index contributed by atoms with van der Waals surface area (Å²) in [6, 6.07) is 9.86. The van der Waals surface area contributed by atoms with Gasteiger partial charge >= 0.3 is 5.97 Å². The fourth-order valence-electron chi connectivity index (χ4n) is 4.45. The number of rotatable bonds is 12. The normalized spacial score (nSPS) is 14.3. The average Bonchev–Trinajstić information content (AvgIpc) is 2.84. The second-order valence-corrected chi connectivity index (χ2v) is 9.00. The van der Waals surface area contributed by atoms with Crippen LogP contribution < -0.4 is 9.47 Å². The van der Waals surface area contributed by atoms with Crippen molar-refractivity contribution in [2.75, 3.05) is 6.61 Å². The minimum atomic E-state index is -1.24. The van der Waals surface area contributed by atoms with Crippen molar-refractivity contribution >= 4 is 5.97 Å². The van der Waals surface area contributed by atoms with Gasteiger partial charge in [0.15, 0.2) is 11.6 Å². The number of hydrogen-bond donors (Lipinski definition) is 0. The Kier molecular flexibility index (Phi) is 10.2. The van der Waals surface area contributed by atoms with Gasteiger partial charge in [-0.25, -0.2) is 9.18 Å². The molecule has 1 aliphatic rings. The lowest BCUT2D eigenvalue weighted by Gasteiger charge is -2.22. The van der Waals surface area contributed by atoms with E-state index in [9.17, 15) is 13.6 Å². The number of benzene rings is 2. The van der Waals surface area contributed by atoms with Gasteiger partial charge in [-0.05, 0) is 55.0 Å². The first-order valence-corrected chi connectivity index (χ1v) is 12.5. The molecule has 180 valence electrons. The molecular weight excluding hydrogens is 422 g/mol. The van der Waals surface area contributed by atoms with E-state index in [-0.39, 0.29) is 5.75 Å². The molecule has 1 saturated carbocycles. The molecule has 33 heavy (non-hydrogen) atoms. The summed E-state index contributed by atoms with van der Waals surface area (Å²) in [7, 11) is 0. The maximum absolute atomic E-state index is 14.5. The Morgan fingerprint density at radius 3 is 2.21 bits per heavy atom. The quantitative estimate of drug-likeness (QED) is 0.182. The molecule has 0 atom stereocenters. The van der Waals surface area contributed by atoms with E-state index in [1.165, 1.54) is 75.5 Å². The first kappa shape index (κ1) is 25.2. The number of halogens is 2. The highest BCUT2D eigenvalue weighted by Gasteiger charge is 2.21. The zero-order valence-corrected chi connectivity index (χ0v) is 19.7. The van der Waals surface area contributed by atoms with Gasteiger partial charge in [0.25, 0.3) is 0 Å². The molecule has 0 amide bonds. The van der Waals surface area contributed by atoms with Gasteiger partial charge in [0.05, 0.1) is 12.2 Å². The molecule has 5 heteroatoms. The van der Waals surface area contributed by atoms with Gasteiger partial charge in [-0.2, -0.15) is 4.39 Å². The van der Waals surface area contributed by atoms with Gasteiger partial charge in [0.1, 0.15) is 5.75 Å². The van der Waals surface area contributed by atoms with Crippen LogP contribution in [0.2, 0.25) is 0 Å². The van der Waals surface area contributed by atoms with Crippen LogP contribution in [0.25, 0.3) is 0 Å². The van der Waals surface area contributed by atoms with Crippen molar-refractivity contribution in [2.24, 2.45) is 0 Å². The van der Waals surface area contributed by atoms with Crippen LogP contribution >= 0.6 is 0 Å². The van der Waals surface area contributed by atoms with Crippen LogP contribution in [0.1, 0.15) is 106 Å². The Morgan fingerprint density at radius 2 is 1.52 bits per heavy atom. The summed E-state index contributed by atoms with van der Waals surface area (Å²) in [6.07, 6.45) is 13.9. The fourth-order valence-corrected chi connectivity index (χ4v) is 4.45. The molecule has 0 aliphatic heterocycles. The van der Waals surface area contributed by atoms with Gasteiger partial charge in [-0.1, -0.05) is 76.8 Å². The summed E-state index contributed by atoms with van der Waals surface area (Å²) >= 11 is 0. The first-order chi connectivity index (χ1) is 16.1. The maximum atomic E-state index is 14.5. The second kappa shape index (κ2) is 13.3. The third kappa shape index (κ3) is 7.55. The van der Waals surface area contributed by atoms with Crippen LogP contribution in [-0.4, -0.2) is 12.6 Å². The molecule has 0 saturated heterocycles. The predicted octanol–water partition coefficient (Wildman–Crippen LogP) is 8.36. The molecule has 0 aromatic heterocycles. The van der Waals surface area contributed by atoms with E-state index in [1.807, 2.05) is 12.1 Å². The molecule has 0 spiro atoms. The third-order valence-electron chi connectivity index (χ3n) is 6.44. The molecule has 0 heterocycles. The topological polar surface area (TPSA) is 35.5 Å². The molecule has 2 aromatic carbocycles. The van der Waals surface area contributed by atoms with E-state index in [0.29, 0.717) is 18.3 Å². The number of esters is 1. The highest BCUT2D eigenvalue weighted by Crippen LogP contribution is 2.33. The number of carbonyl (C=O) groups is 1. The van der Waals surface area contributed by atoms with Crippen molar-refractivity contribution in [1.82, 2.24) is 0 Å². The Balaban J connectivity index is 1.50. The number of hydrogen-bond acceptors (Lipinski definition) is 3. The van der Waals surface area contributed by atoms with E-state index in [0.717, 1.165) is 19.3 Å². The SMILES string of the molecule is CCCCCCCCCOc1ccc(C(=O)Oc2ccc(C3CCCCC3)cc2)c(F)c1F. The van der Waals surface area contributed by atoms with Crippen molar-refractivity contribution in [3.63, 3.8) is 0 Å². The number of carbonyl (C=O) groups excluding carboxylic acids is 1. The van der Waals surface area contributed by atoms with Crippen LogP contribution in [0.15, 0.2) is 36.4 Å². The summed E-state index contributed by atoms with van der Waals surface area (Å²) in [5.74, 6) is -2.62. The largest absolute Gasteiger partial charge is 0.490 e. The molecule has 1 fully saturated rings. The van der Waals surface area contributed by atoms with Gasteiger partial charge in [0, 0.05) is 0 Å². The van der Waals surface area contributed by atoms with E-state index >= 15 is 0 Å². The summed E-state index contributed by atoms with van der Waals surface area (Å²) in [5, 5.41) is 0. The molecule has 0 radical (unpaired) electrons. The van der Waals surface area contributed by atoms with E-state index in [1.54, 1.807) is 12.1 Å². The minimum absolute atomic E-state index is 0.174. The van der Waals surface area contributed by atoms with E-state index in [4.69, 9.17) is 9.47 Å². The standard InChI is InChI=1S/C28H36F2O3/c1-2-3-4-5-6-7-11-20-32-25-19-18-24(26(29)27(25)30)28(31)33-23-16-14-22(15-17-23)21-12-9-8-10-13-21/h14-19,21H,2-13,20H2,1H3. The molecule has 2 aromatic rings. The number of unbranched alkanes of at least 4 members (excludes halogenated alkanes) is 6. The summed E-state index contributed by atoms with van der Waals surface area (Å²) in [5.41, 5.74) is 0.793. The van der Waals surface area contributed by atoms with Crippen LogP contribution in [0, 0.1) is 11.6 Å².